The molecule has 4 saturated carbocycles. The van der Waals surface area contributed by atoms with Crippen LogP contribution in [0.3, 0.4) is 0 Å². The summed E-state index contributed by atoms with van der Waals surface area (Å²) in [6, 6.07) is 0. The quantitative estimate of drug-likeness (QED) is 0.500. The standard InChI is InChI=1S/C27H49NO3/c1-16(15-28)5-8-23(30)17(2)25-24(31)14-22-20-7-6-18-13-19(29)9-11-26(18,3)21(20)10-12-27(22,25)4/h16-25,29-31H,5-15,28H2,1-4H3. The van der Waals surface area contributed by atoms with Crippen LogP contribution < -0.4 is 5.73 Å². The highest BCUT2D eigenvalue weighted by atomic mass is 16.3. The van der Waals surface area contributed by atoms with Gasteiger partial charge >= 0.3 is 0 Å². The summed E-state index contributed by atoms with van der Waals surface area (Å²) < 4.78 is 0. The molecule has 5 N–H and O–H groups in total. The van der Waals surface area contributed by atoms with Crippen molar-refractivity contribution in [2.24, 2.45) is 58.0 Å². The minimum atomic E-state index is -0.352. The average Bonchev–Trinajstić information content (AvgIpc) is 3.01. The second-order valence-electron chi connectivity index (χ2n) is 12.8. The Balaban J connectivity index is 1.50. The van der Waals surface area contributed by atoms with Crippen LogP contribution in [0.4, 0.5) is 0 Å². The van der Waals surface area contributed by atoms with Crippen molar-refractivity contribution in [2.45, 2.75) is 110 Å². The van der Waals surface area contributed by atoms with Crippen molar-refractivity contribution >= 4 is 0 Å². The Kier molecular flexibility index (Phi) is 6.88. The Bertz CT molecular complexity index is 628. The Morgan fingerprint density at radius 2 is 1.61 bits per heavy atom. The summed E-state index contributed by atoms with van der Waals surface area (Å²) in [5.74, 6) is 3.47. The van der Waals surface area contributed by atoms with E-state index in [0.717, 1.165) is 38.0 Å². The van der Waals surface area contributed by atoms with Gasteiger partial charge in [-0.05, 0) is 123 Å². The van der Waals surface area contributed by atoms with Crippen molar-refractivity contribution in [3.63, 3.8) is 0 Å². The predicted molar refractivity (Wildman–Crippen MR) is 125 cm³/mol. The molecule has 0 aliphatic heterocycles. The lowest BCUT2D eigenvalue weighted by Crippen LogP contribution is -2.54. The van der Waals surface area contributed by atoms with Gasteiger partial charge in [0.25, 0.3) is 0 Å². The van der Waals surface area contributed by atoms with Crippen LogP contribution in [0.15, 0.2) is 0 Å². The van der Waals surface area contributed by atoms with Crippen molar-refractivity contribution in [1.29, 1.82) is 0 Å². The Hall–Kier alpha value is -0.160. The van der Waals surface area contributed by atoms with Gasteiger partial charge in [0.05, 0.1) is 18.3 Å². The number of hydrogen-bond acceptors (Lipinski definition) is 4. The smallest absolute Gasteiger partial charge is 0.0580 e. The Morgan fingerprint density at radius 1 is 0.903 bits per heavy atom. The lowest BCUT2D eigenvalue weighted by atomic mass is 9.44. The van der Waals surface area contributed by atoms with Crippen LogP contribution in [0.5, 0.6) is 0 Å². The normalized spacial score (nSPS) is 50.1. The van der Waals surface area contributed by atoms with E-state index >= 15 is 0 Å². The number of rotatable bonds is 6. The monoisotopic (exact) mass is 435 g/mol. The third-order valence-corrected chi connectivity index (χ3v) is 11.3. The van der Waals surface area contributed by atoms with E-state index in [1.54, 1.807) is 0 Å². The van der Waals surface area contributed by atoms with Gasteiger partial charge in [0, 0.05) is 0 Å². The number of nitrogens with two attached hydrogens (primary N) is 1. The van der Waals surface area contributed by atoms with Gasteiger partial charge in [-0.3, -0.25) is 0 Å². The molecule has 0 saturated heterocycles. The molecule has 4 nitrogen and oxygen atoms in total. The molecular formula is C27H49NO3. The van der Waals surface area contributed by atoms with Crippen molar-refractivity contribution in [3.8, 4) is 0 Å². The molecule has 4 rings (SSSR count). The molecule has 4 heteroatoms. The largest absolute Gasteiger partial charge is 0.393 e. The fourth-order valence-corrected chi connectivity index (χ4v) is 9.31. The molecule has 4 fully saturated rings. The van der Waals surface area contributed by atoms with Gasteiger partial charge in [-0.1, -0.05) is 27.7 Å². The molecule has 0 heterocycles. The van der Waals surface area contributed by atoms with Crippen molar-refractivity contribution in [1.82, 2.24) is 0 Å². The second kappa shape index (κ2) is 8.89. The van der Waals surface area contributed by atoms with Crippen LogP contribution in [0.2, 0.25) is 0 Å². The predicted octanol–water partition coefficient (Wildman–Crippen LogP) is 4.35. The van der Waals surface area contributed by atoms with Gasteiger partial charge in [0.15, 0.2) is 0 Å². The summed E-state index contributed by atoms with van der Waals surface area (Å²) in [7, 11) is 0. The molecule has 0 amide bonds. The highest BCUT2D eigenvalue weighted by molar-refractivity contribution is 5.12. The lowest BCUT2D eigenvalue weighted by molar-refractivity contribution is -0.133. The summed E-state index contributed by atoms with van der Waals surface area (Å²) in [5, 5.41) is 32.6. The van der Waals surface area contributed by atoms with Crippen LogP contribution in [-0.4, -0.2) is 40.2 Å². The van der Waals surface area contributed by atoms with Crippen LogP contribution in [0.25, 0.3) is 0 Å². The van der Waals surface area contributed by atoms with Gasteiger partial charge in [-0.25, -0.2) is 0 Å². The Labute approximate surface area is 190 Å². The summed E-state index contributed by atoms with van der Waals surface area (Å²) in [6.45, 7) is 9.98. The minimum absolute atomic E-state index is 0.0921. The molecule has 0 bridgehead atoms. The maximum absolute atomic E-state index is 11.3. The molecule has 0 aromatic rings. The molecule has 0 aromatic carbocycles. The third kappa shape index (κ3) is 4.02. The fraction of sp³-hybridized carbons (Fsp3) is 1.00. The zero-order valence-electron chi connectivity index (χ0n) is 20.5. The van der Waals surface area contributed by atoms with E-state index in [1.807, 2.05) is 0 Å². The van der Waals surface area contributed by atoms with E-state index < -0.39 is 0 Å². The van der Waals surface area contributed by atoms with Gasteiger partial charge in [-0.2, -0.15) is 0 Å². The molecule has 31 heavy (non-hydrogen) atoms. The first-order chi connectivity index (χ1) is 14.6. The van der Waals surface area contributed by atoms with Gasteiger partial charge in [-0.15, -0.1) is 0 Å². The van der Waals surface area contributed by atoms with E-state index in [4.69, 9.17) is 5.73 Å². The highest BCUT2D eigenvalue weighted by Gasteiger charge is 2.63. The van der Waals surface area contributed by atoms with Crippen molar-refractivity contribution in [3.05, 3.63) is 0 Å². The fourth-order valence-electron chi connectivity index (χ4n) is 9.31. The van der Waals surface area contributed by atoms with Gasteiger partial charge in [0.1, 0.15) is 0 Å². The first-order valence-corrected chi connectivity index (χ1v) is 13.4. The number of hydrogen-bond donors (Lipinski definition) is 4. The molecule has 180 valence electrons. The average molecular weight is 436 g/mol. The molecule has 12 unspecified atom stereocenters. The van der Waals surface area contributed by atoms with E-state index in [2.05, 4.69) is 27.7 Å². The van der Waals surface area contributed by atoms with E-state index in [-0.39, 0.29) is 35.6 Å². The van der Waals surface area contributed by atoms with Gasteiger partial charge in [0.2, 0.25) is 0 Å². The molecule has 12 atom stereocenters. The SMILES string of the molecule is CC(CN)CCC(O)C(C)C1C(O)CC2C3CCC4CC(O)CCC4(C)C3CCC21C. The first-order valence-electron chi connectivity index (χ1n) is 13.4. The number of aliphatic hydroxyl groups excluding tert-OH is 3. The molecule has 4 aliphatic rings. The van der Waals surface area contributed by atoms with Crippen molar-refractivity contribution < 1.29 is 15.3 Å². The van der Waals surface area contributed by atoms with Crippen LogP contribution in [0.1, 0.15) is 91.9 Å². The van der Waals surface area contributed by atoms with E-state index in [1.165, 1.54) is 32.1 Å². The minimum Gasteiger partial charge on any atom is -0.393 e. The van der Waals surface area contributed by atoms with Crippen molar-refractivity contribution in [2.75, 3.05) is 6.54 Å². The molecule has 0 radical (unpaired) electrons. The number of fused-ring (bicyclic) bond motifs is 5. The molecule has 4 aliphatic carbocycles. The summed E-state index contributed by atoms with van der Waals surface area (Å²) in [6.07, 6.45) is 10.0. The summed E-state index contributed by atoms with van der Waals surface area (Å²) >= 11 is 0. The van der Waals surface area contributed by atoms with E-state index in [0.29, 0.717) is 35.6 Å². The van der Waals surface area contributed by atoms with Crippen LogP contribution in [-0.2, 0) is 0 Å². The maximum atomic E-state index is 11.3. The van der Waals surface area contributed by atoms with Gasteiger partial charge < -0.3 is 21.1 Å². The lowest BCUT2D eigenvalue weighted by Gasteiger charge is -2.61. The maximum Gasteiger partial charge on any atom is 0.0580 e. The Morgan fingerprint density at radius 3 is 2.32 bits per heavy atom. The van der Waals surface area contributed by atoms with E-state index in [9.17, 15) is 15.3 Å². The highest BCUT2D eigenvalue weighted by Crippen LogP contribution is 2.68. The topological polar surface area (TPSA) is 86.7 Å². The van der Waals surface area contributed by atoms with Crippen LogP contribution in [0, 0.1) is 52.3 Å². The van der Waals surface area contributed by atoms with Crippen LogP contribution >= 0.6 is 0 Å². The first kappa shape index (κ1) is 24.0. The summed E-state index contributed by atoms with van der Waals surface area (Å²) in [5.41, 5.74) is 6.29. The summed E-state index contributed by atoms with van der Waals surface area (Å²) in [4.78, 5) is 0. The molecular weight excluding hydrogens is 386 g/mol. The zero-order valence-corrected chi connectivity index (χ0v) is 20.5. The zero-order chi connectivity index (χ0) is 22.6. The second-order valence-corrected chi connectivity index (χ2v) is 12.8. The molecule has 0 spiro atoms. The molecule has 0 aromatic heterocycles. The third-order valence-electron chi connectivity index (χ3n) is 11.3. The number of aliphatic hydroxyl groups is 3.